The second kappa shape index (κ2) is 6.25. The van der Waals surface area contributed by atoms with E-state index < -0.39 is 0 Å². The van der Waals surface area contributed by atoms with E-state index in [1.807, 2.05) is 17.0 Å². The molecule has 0 aromatic heterocycles. The van der Waals surface area contributed by atoms with Gasteiger partial charge in [-0.3, -0.25) is 4.79 Å². The van der Waals surface area contributed by atoms with E-state index in [-0.39, 0.29) is 5.91 Å². The van der Waals surface area contributed by atoms with Crippen molar-refractivity contribution in [2.75, 3.05) is 32.9 Å². The first kappa shape index (κ1) is 11.9. The number of nitrogens with zero attached hydrogens (tertiary/aromatic N) is 1. The molecule has 1 radical (unpaired) electrons. The maximum Gasteiger partial charge on any atom is 0.226 e. The van der Waals surface area contributed by atoms with Crippen LogP contribution in [-0.2, 0) is 9.53 Å². The number of rotatable bonds is 4. The quantitative estimate of drug-likeness (QED) is 0.783. The van der Waals surface area contributed by atoms with E-state index in [0.29, 0.717) is 39.3 Å². The normalized spacial score (nSPS) is 15.6. The van der Waals surface area contributed by atoms with E-state index in [9.17, 15) is 4.79 Å². The van der Waals surface area contributed by atoms with Gasteiger partial charge in [0, 0.05) is 13.1 Å². The lowest BCUT2D eigenvalue weighted by molar-refractivity contribution is -0.135. The maximum atomic E-state index is 11.8. The summed E-state index contributed by atoms with van der Waals surface area (Å²) in [7, 11) is 0. The fourth-order valence-electron chi connectivity index (χ4n) is 1.69. The van der Waals surface area contributed by atoms with Gasteiger partial charge in [-0.2, -0.15) is 0 Å². The van der Waals surface area contributed by atoms with Gasteiger partial charge in [-0.05, 0) is 18.2 Å². The van der Waals surface area contributed by atoms with Crippen LogP contribution in [0, 0.1) is 6.07 Å². The van der Waals surface area contributed by atoms with Crippen molar-refractivity contribution in [3.63, 3.8) is 0 Å². The first-order valence-corrected chi connectivity index (χ1v) is 5.81. The van der Waals surface area contributed by atoms with Crippen molar-refractivity contribution in [3.05, 3.63) is 30.3 Å². The minimum absolute atomic E-state index is 0.135. The molecule has 1 saturated heterocycles. The summed E-state index contributed by atoms with van der Waals surface area (Å²) in [4.78, 5) is 13.6. The zero-order valence-corrected chi connectivity index (χ0v) is 9.72. The minimum atomic E-state index is 0.135. The zero-order chi connectivity index (χ0) is 11.9. The Balaban J connectivity index is 1.69. The van der Waals surface area contributed by atoms with E-state index in [1.54, 1.807) is 12.1 Å². The minimum Gasteiger partial charge on any atom is -0.493 e. The van der Waals surface area contributed by atoms with Crippen molar-refractivity contribution in [1.82, 2.24) is 4.90 Å². The second-order valence-corrected chi connectivity index (χ2v) is 3.83. The van der Waals surface area contributed by atoms with Crippen LogP contribution < -0.4 is 4.74 Å². The van der Waals surface area contributed by atoms with Crippen LogP contribution in [0.1, 0.15) is 6.42 Å². The third-order valence-corrected chi connectivity index (χ3v) is 2.64. The number of carbonyl (C=O) groups excluding carboxylic acids is 1. The fourth-order valence-corrected chi connectivity index (χ4v) is 1.69. The summed E-state index contributed by atoms with van der Waals surface area (Å²) in [6, 6.07) is 10.2. The molecule has 0 atom stereocenters. The van der Waals surface area contributed by atoms with Crippen molar-refractivity contribution in [1.29, 1.82) is 0 Å². The van der Waals surface area contributed by atoms with Crippen molar-refractivity contribution in [3.8, 4) is 5.75 Å². The van der Waals surface area contributed by atoms with Crippen molar-refractivity contribution in [2.45, 2.75) is 6.42 Å². The topological polar surface area (TPSA) is 38.8 Å². The molecule has 1 aromatic carbocycles. The van der Waals surface area contributed by atoms with Gasteiger partial charge in [0.1, 0.15) is 5.75 Å². The smallest absolute Gasteiger partial charge is 0.226 e. The molecule has 4 heteroatoms. The molecule has 91 valence electrons. The number of hydrogen-bond donors (Lipinski definition) is 0. The summed E-state index contributed by atoms with van der Waals surface area (Å²) in [6.45, 7) is 3.08. The molecule has 2 rings (SSSR count). The molecule has 1 heterocycles. The average molecular weight is 234 g/mol. The third-order valence-electron chi connectivity index (χ3n) is 2.64. The number of amides is 1. The fraction of sp³-hybridized carbons (Fsp3) is 0.462. The standard InChI is InChI=1S/C13H16NO3/c15-13(14-7-10-16-11-8-14)6-9-17-12-4-2-1-3-5-12/h2-5H,6-11H2. The van der Waals surface area contributed by atoms with Gasteiger partial charge in [-0.1, -0.05) is 12.1 Å². The highest BCUT2D eigenvalue weighted by Crippen LogP contribution is 2.08. The van der Waals surface area contributed by atoms with Crippen LogP contribution in [0.4, 0.5) is 0 Å². The van der Waals surface area contributed by atoms with Gasteiger partial charge in [-0.15, -0.1) is 0 Å². The van der Waals surface area contributed by atoms with Crippen molar-refractivity contribution >= 4 is 5.91 Å². The molecule has 1 fully saturated rings. The van der Waals surface area contributed by atoms with Crippen LogP contribution >= 0.6 is 0 Å². The summed E-state index contributed by atoms with van der Waals surface area (Å²) in [5.41, 5.74) is 0. The van der Waals surface area contributed by atoms with Crippen LogP contribution in [0.2, 0.25) is 0 Å². The lowest BCUT2D eigenvalue weighted by Crippen LogP contribution is -2.41. The van der Waals surface area contributed by atoms with E-state index in [4.69, 9.17) is 9.47 Å². The van der Waals surface area contributed by atoms with Gasteiger partial charge >= 0.3 is 0 Å². The SMILES string of the molecule is O=C(CCOc1cc[c]cc1)N1CCOCC1. The molecular weight excluding hydrogens is 218 g/mol. The highest BCUT2D eigenvalue weighted by atomic mass is 16.5. The molecule has 17 heavy (non-hydrogen) atoms. The molecule has 1 aromatic rings. The summed E-state index contributed by atoms with van der Waals surface area (Å²) >= 11 is 0. The monoisotopic (exact) mass is 234 g/mol. The first-order valence-electron chi connectivity index (χ1n) is 5.81. The number of carbonyl (C=O) groups is 1. The Bertz CT molecular complexity index is 347. The van der Waals surface area contributed by atoms with Gasteiger partial charge in [0.05, 0.1) is 26.2 Å². The van der Waals surface area contributed by atoms with Gasteiger partial charge in [0.25, 0.3) is 0 Å². The Morgan fingerprint density at radius 1 is 1.35 bits per heavy atom. The van der Waals surface area contributed by atoms with Crippen LogP contribution in [0.25, 0.3) is 0 Å². The Hall–Kier alpha value is -1.55. The van der Waals surface area contributed by atoms with Crippen LogP contribution in [-0.4, -0.2) is 43.7 Å². The van der Waals surface area contributed by atoms with Gasteiger partial charge in [0.2, 0.25) is 5.91 Å². The molecular formula is C13H16NO3. The molecule has 0 unspecified atom stereocenters. The predicted octanol–water partition coefficient (Wildman–Crippen LogP) is 1.11. The van der Waals surface area contributed by atoms with E-state index in [1.165, 1.54) is 0 Å². The summed E-state index contributed by atoms with van der Waals surface area (Å²) in [5.74, 6) is 0.911. The maximum absolute atomic E-state index is 11.8. The molecule has 0 bridgehead atoms. The Morgan fingerprint density at radius 2 is 2.06 bits per heavy atom. The molecule has 0 aliphatic carbocycles. The number of ether oxygens (including phenoxy) is 2. The Labute approximate surface area is 101 Å². The van der Waals surface area contributed by atoms with Crippen molar-refractivity contribution in [2.24, 2.45) is 0 Å². The average Bonchev–Trinajstić information content (AvgIpc) is 2.41. The second-order valence-electron chi connectivity index (χ2n) is 3.83. The largest absolute Gasteiger partial charge is 0.493 e. The first-order chi connectivity index (χ1) is 8.36. The summed E-state index contributed by atoms with van der Waals surface area (Å²) in [6.07, 6.45) is 0.415. The lowest BCUT2D eigenvalue weighted by atomic mass is 10.3. The predicted molar refractivity (Wildman–Crippen MR) is 62.8 cm³/mol. The molecule has 1 aliphatic heterocycles. The van der Waals surface area contributed by atoms with Gasteiger partial charge in [-0.25, -0.2) is 0 Å². The van der Waals surface area contributed by atoms with Gasteiger partial charge < -0.3 is 14.4 Å². The highest BCUT2D eigenvalue weighted by molar-refractivity contribution is 5.76. The Kier molecular flexibility index (Phi) is 4.38. The summed E-state index contributed by atoms with van der Waals surface area (Å²) < 4.78 is 10.7. The molecule has 4 nitrogen and oxygen atoms in total. The third kappa shape index (κ3) is 3.75. The van der Waals surface area contributed by atoms with Crippen LogP contribution in [0.3, 0.4) is 0 Å². The lowest BCUT2D eigenvalue weighted by Gasteiger charge is -2.26. The van der Waals surface area contributed by atoms with Gasteiger partial charge in [0.15, 0.2) is 0 Å². The summed E-state index contributed by atoms with van der Waals surface area (Å²) in [5, 5.41) is 0. The highest BCUT2D eigenvalue weighted by Gasteiger charge is 2.16. The van der Waals surface area contributed by atoms with E-state index in [2.05, 4.69) is 6.07 Å². The number of morpholine rings is 1. The zero-order valence-electron chi connectivity index (χ0n) is 9.72. The molecule has 1 amide bonds. The molecule has 1 aliphatic rings. The van der Waals surface area contributed by atoms with E-state index in [0.717, 1.165) is 5.75 Å². The molecule has 0 N–H and O–H groups in total. The Morgan fingerprint density at radius 3 is 2.76 bits per heavy atom. The van der Waals surface area contributed by atoms with Crippen LogP contribution in [0.5, 0.6) is 5.75 Å². The molecule has 0 saturated carbocycles. The van der Waals surface area contributed by atoms with Crippen molar-refractivity contribution < 1.29 is 14.3 Å². The molecule has 0 spiro atoms. The number of hydrogen-bond acceptors (Lipinski definition) is 3. The number of benzene rings is 1. The van der Waals surface area contributed by atoms with E-state index >= 15 is 0 Å². The van der Waals surface area contributed by atoms with Crippen LogP contribution in [0.15, 0.2) is 24.3 Å².